The van der Waals surface area contributed by atoms with E-state index in [1.54, 1.807) is 0 Å². The van der Waals surface area contributed by atoms with Crippen molar-refractivity contribution in [3.8, 4) is 5.75 Å². The van der Waals surface area contributed by atoms with Crippen molar-refractivity contribution in [3.63, 3.8) is 0 Å². The van der Waals surface area contributed by atoms with Gasteiger partial charge >= 0.3 is 5.91 Å². The Balaban J connectivity index is 2.38. The molecular weight excluding hydrogens is 204 g/mol. The second-order valence-electron chi connectivity index (χ2n) is 3.65. The van der Waals surface area contributed by atoms with Crippen LogP contribution in [0.3, 0.4) is 0 Å². The number of rotatable bonds is 2. The molecule has 0 aromatic heterocycles. The summed E-state index contributed by atoms with van der Waals surface area (Å²) in [6.07, 6.45) is 1.52. The largest absolute Gasteiger partial charge is 0.451 e. The minimum absolute atomic E-state index is 0.337. The van der Waals surface area contributed by atoms with Crippen LogP contribution in [0, 0.1) is 0 Å². The molecule has 4 heteroatoms. The molecule has 0 saturated heterocycles. The zero-order chi connectivity index (χ0) is 11.5. The molecule has 0 spiro atoms. The van der Waals surface area contributed by atoms with Crippen LogP contribution < -0.4 is 16.0 Å². The SMILES string of the molecule is CCC1=C(C(=O)NN)Oc2ccccc2C1. The Bertz CT molecular complexity index is 452. The van der Waals surface area contributed by atoms with Gasteiger partial charge < -0.3 is 4.74 Å². The monoisotopic (exact) mass is 218 g/mol. The summed E-state index contributed by atoms with van der Waals surface area (Å²) in [6.45, 7) is 2.00. The lowest BCUT2D eigenvalue weighted by Gasteiger charge is -2.21. The molecule has 0 saturated carbocycles. The van der Waals surface area contributed by atoms with E-state index < -0.39 is 0 Å². The lowest BCUT2D eigenvalue weighted by atomic mass is 9.98. The van der Waals surface area contributed by atoms with Crippen molar-refractivity contribution in [1.82, 2.24) is 5.43 Å². The molecule has 0 fully saturated rings. The predicted octanol–water partition coefficient (Wildman–Crippen LogP) is 1.28. The van der Waals surface area contributed by atoms with E-state index >= 15 is 0 Å². The molecule has 84 valence electrons. The van der Waals surface area contributed by atoms with Gasteiger partial charge in [-0.05, 0) is 23.6 Å². The van der Waals surface area contributed by atoms with E-state index in [1.807, 2.05) is 31.2 Å². The van der Waals surface area contributed by atoms with E-state index in [9.17, 15) is 4.79 Å². The van der Waals surface area contributed by atoms with Gasteiger partial charge in [-0.2, -0.15) is 0 Å². The maximum Gasteiger partial charge on any atom is 0.300 e. The number of nitrogens with one attached hydrogen (secondary N) is 1. The molecule has 3 N–H and O–H groups in total. The fourth-order valence-electron chi connectivity index (χ4n) is 1.80. The summed E-state index contributed by atoms with van der Waals surface area (Å²) in [4.78, 5) is 11.5. The highest BCUT2D eigenvalue weighted by Gasteiger charge is 2.22. The van der Waals surface area contributed by atoms with Gasteiger partial charge in [0, 0.05) is 6.42 Å². The molecule has 4 nitrogen and oxygen atoms in total. The topological polar surface area (TPSA) is 64.4 Å². The normalized spacial score (nSPS) is 14.1. The number of carbonyl (C=O) groups excluding carboxylic acids is 1. The maximum absolute atomic E-state index is 11.5. The Hall–Kier alpha value is -1.81. The number of hydrogen-bond acceptors (Lipinski definition) is 3. The number of ether oxygens (including phenoxy) is 1. The zero-order valence-electron chi connectivity index (χ0n) is 9.12. The summed E-state index contributed by atoms with van der Waals surface area (Å²) < 4.78 is 5.58. The van der Waals surface area contributed by atoms with E-state index in [0.717, 1.165) is 29.7 Å². The number of allylic oxidation sites excluding steroid dienone is 1. The minimum Gasteiger partial charge on any atom is -0.451 e. The molecule has 1 amide bonds. The van der Waals surface area contributed by atoms with Crippen LogP contribution in [-0.2, 0) is 11.2 Å². The number of hydrogen-bond donors (Lipinski definition) is 2. The number of carbonyl (C=O) groups is 1. The van der Waals surface area contributed by atoms with Gasteiger partial charge in [-0.1, -0.05) is 25.1 Å². The van der Waals surface area contributed by atoms with Crippen molar-refractivity contribution in [2.75, 3.05) is 0 Å². The van der Waals surface area contributed by atoms with E-state index in [4.69, 9.17) is 10.6 Å². The summed E-state index contributed by atoms with van der Waals surface area (Å²) >= 11 is 0. The van der Waals surface area contributed by atoms with Crippen LogP contribution in [0.5, 0.6) is 5.75 Å². The Morgan fingerprint density at radius 1 is 1.50 bits per heavy atom. The lowest BCUT2D eigenvalue weighted by Crippen LogP contribution is -2.35. The molecule has 16 heavy (non-hydrogen) atoms. The molecule has 0 bridgehead atoms. The molecule has 0 radical (unpaired) electrons. The molecule has 1 aliphatic heterocycles. The van der Waals surface area contributed by atoms with Crippen LogP contribution in [0.4, 0.5) is 0 Å². The highest BCUT2D eigenvalue weighted by atomic mass is 16.5. The summed E-state index contributed by atoms with van der Waals surface area (Å²) in [5, 5.41) is 0. The fourth-order valence-corrected chi connectivity index (χ4v) is 1.80. The van der Waals surface area contributed by atoms with Gasteiger partial charge in [-0.15, -0.1) is 0 Å². The van der Waals surface area contributed by atoms with Gasteiger partial charge in [0.2, 0.25) is 0 Å². The number of amides is 1. The third-order valence-electron chi connectivity index (χ3n) is 2.67. The highest BCUT2D eigenvalue weighted by molar-refractivity contribution is 5.92. The standard InChI is InChI=1S/C12H14N2O2/c1-2-8-7-9-5-3-4-6-10(9)16-11(8)12(15)14-13/h3-6H,2,7,13H2,1H3,(H,14,15). The average Bonchev–Trinajstić information content (AvgIpc) is 2.36. The number of hydrazine groups is 1. The Kier molecular flexibility index (Phi) is 2.92. The Morgan fingerprint density at radius 2 is 2.25 bits per heavy atom. The summed E-state index contributed by atoms with van der Waals surface area (Å²) in [6, 6.07) is 7.70. The number of para-hydroxylation sites is 1. The van der Waals surface area contributed by atoms with Gasteiger partial charge in [0.1, 0.15) is 5.75 Å². The highest BCUT2D eigenvalue weighted by Crippen LogP contribution is 2.30. The quantitative estimate of drug-likeness (QED) is 0.446. The van der Waals surface area contributed by atoms with Crippen LogP contribution in [0.25, 0.3) is 0 Å². The van der Waals surface area contributed by atoms with Crippen molar-refractivity contribution in [1.29, 1.82) is 0 Å². The van der Waals surface area contributed by atoms with Crippen molar-refractivity contribution >= 4 is 5.91 Å². The first-order valence-corrected chi connectivity index (χ1v) is 5.25. The maximum atomic E-state index is 11.5. The smallest absolute Gasteiger partial charge is 0.300 e. The first-order valence-electron chi connectivity index (χ1n) is 5.25. The second-order valence-corrected chi connectivity index (χ2v) is 3.65. The third kappa shape index (κ3) is 1.79. The lowest BCUT2D eigenvalue weighted by molar-refractivity contribution is -0.119. The van der Waals surface area contributed by atoms with Crippen molar-refractivity contribution in [2.45, 2.75) is 19.8 Å². The van der Waals surface area contributed by atoms with Crippen LogP contribution in [0.15, 0.2) is 35.6 Å². The number of fused-ring (bicyclic) bond motifs is 1. The van der Waals surface area contributed by atoms with Gasteiger partial charge in [0.05, 0.1) is 0 Å². The van der Waals surface area contributed by atoms with E-state index in [-0.39, 0.29) is 5.91 Å². The van der Waals surface area contributed by atoms with Gasteiger partial charge in [-0.3, -0.25) is 10.2 Å². The average molecular weight is 218 g/mol. The first kappa shape index (κ1) is 10.7. The van der Waals surface area contributed by atoms with Crippen molar-refractivity contribution in [2.24, 2.45) is 5.84 Å². The second kappa shape index (κ2) is 4.37. The van der Waals surface area contributed by atoms with Gasteiger partial charge in [-0.25, -0.2) is 5.84 Å². The molecule has 1 aromatic rings. The first-order chi connectivity index (χ1) is 7.76. The molecule has 0 unspecified atom stereocenters. The summed E-state index contributed by atoms with van der Waals surface area (Å²) in [7, 11) is 0. The molecule has 1 aliphatic rings. The third-order valence-corrected chi connectivity index (χ3v) is 2.67. The van der Waals surface area contributed by atoms with Gasteiger partial charge in [0.15, 0.2) is 5.76 Å². The fraction of sp³-hybridized carbons (Fsp3) is 0.250. The molecule has 0 atom stereocenters. The van der Waals surface area contributed by atoms with E-state index in [2.05, 4.69) is 5.43 Å². The van der Waals surface area contributed by atoms with Crippen LogP contribution in [-0.4, -0.2) is 5.91 Å². The molecule has 2 rings (SSSR count). The van der Waals surface area contributed by atoms with Crippen LogP contribution in [0.1, 0.15) is 18.9 Å². The zero-order valence-corrected chi connectivity index (χ0v) is 9.12. The summed E-state index contributed by atoms with van der Waals surface area (Å²) in [5.74, 6) is 5.83. The number of benzene rings is 1. The molecule has 1 heterocycles. The van der Waals surface area contributed by atoms with Crippen molar-refractivity contribution in [3.05, 3.63) is 41.2 Å². The predicted molar refractivity (Wildman–Crippen MR) is 60.4 cm³/mol. The van der Waals surface area contributed by atoms with Gasteiger partial charge in [0.25, 0.3) is 0 Å². The molecule has 0 aliphatic carbocycles. The van der Waals surface area contributed by atoms with Crippen molar-refractivity contribution < 1.29 is 9.53 Å². The molecular formula is C12H14N2O2. The van der Waals surface area contributed by atoms with E-state index in [0.29, 0.717) is 5.76 Å². The Morgan fingerprint density at radius 3 is 2.94 bits per heavy atom. The molecule has 1 aromatic carbocycles. The summed E-state index contributed by atoms with van der Waals surface area (Å²) in [5.41, 5.74) is 4.19. The van der Waals surface area contributed by atoms with E-state index in [1.165, 1.54) is 0 Å². The number of nitrogens with two attached hydrogens (primary N) is 1. The Labute approximate surface area is 94.1 Å². The minimum atomic E-state index is -0.369. The van der Waals surface area contributed by atoms with Crippen LogP contribution >= 0.6 is 0 Å². The van der Waals surface area contributed by atoms with Crippen LogP contribution in [0.2, 0.25) is 0 Å².